The van der Waals surface area contributed by atoms with E-state index in [0.717, 1.165) is 93.5 Å². The number of allylic oxidation sites excluding steroid dienone is 2. The third-order valence-electron chi connectivity index (χ3n) is 7.31. The summed E-state index contributed by atoms with van der Waals surface area (Å²) in [6.45, 7) is 0. The van der Waals surface area contributed by atoms with Crippen LogP contribution in [0.2, 0.25) is 0 Å². The van der Waals surface area contributed by atoms with E-state index in [-0.39, 0.29) is 0 Å². The molecule has 0 amide bonds. The molecule has 7 rings (SSSR count). The lowest BCUT2D eigenvalue weighted by molar-refractivity contribution is 1.08. The van der Waals surface area contributed by atoms with E-state index in [1.54, 1.807) is 12.4 Å². The van der Waals surface area contributed by atoms with Crippen LogP contribution in [0.5, 0.6) is 0 Å². The summed E-state index contributed by atoms with van der Waals surface area (Å²) in [5.74, 6) is 0. The number of benzene rings is 1. The molecule has 0 radical (unpaired) electrons. The van der Waals surface area contributed by atoms with Crippen LogP contribution in [0.15, 0.2) is 119 Å². The molecule has 4 aromatic heterocycles. The number of hydrogen-bond acceptors (Lipinski definition) is 6. The van der Waals surface area contributed by atoms with Crippen molar-refractivity contribution in [2.45, 2.75) is 25.7 Å². The Kier molecular flexibility index (Phi) is 7.09. The predicted octanol–water partition coefficient (Wildman–Crippen LogP) is 8.35. The molecule has 202 valence electrons. The molecule has 5 aromatic rings. The molecule has 6 heterocycles. The Morgan fingerprint density at radius 1 is 0.405 bits per heavy atom. The molecule has 42 heavy (non-hydrogen) atoms. The molecule has 6 nitrogen and oxygen atoms in total. The predicted molar refractivity (Wildman–Crippen MR) is 171 cm³/mol. The van der Waals surface area contributed by atoms with Gasteiger partial charge in [-0.1, -0.05) is 48.6 Å². The molecule has 0 aliphatic carbocycles. The van der Waals surface area contributed by atoms with Crippen molar-refractivity contribution in [3.8, 4) is 45.0 Å². The van der Waals surface area contributed by atoms with E-state index in [2.05, 4.69) is 80.6 Å². The van der Waals surface area contributed by atoms with E-state index in [0.29, 0.717) is 0 Å². The minimum absolute atomic E-state index is 0.828. The van der Waals surface area contributed by atoms with Gasteiger partial charge in [0.25, 0.3) is 0 Å². The Labute approximate surface area is 245 Å². The number of nitrogens with zero attached hydrogens (tertiary/aromatic N) is 6. The van der Waals surface area contributed by atoms with Gasteiger partial charge in [-0.05, 0) is 96.5 Å². The number of rotatable bonds is 6. The maximum Gasteiger partial charge on any atom is 0.0900 e. The topological polar surface area (TPSA) is 76.3 Å². The van der Waals surface area contributed by atoms with Crippen LogP contribution in [-0.4, -0.2) is 32.4 Å². The Hall–Kier alpha value is -5.36. The zero-order valence-corrected chi connectivity index (χ0v) is 23.1. The molecule has 0 unspecified atom stereocenters. The van der Waals surface area contributed by atoms with Gasteiger partial charge in [-0.15, -0.1) is 0 Å². The SMILES string of the molecule is C1=NC(c2cc(-c3ccc(-c4cc(C5=CCCC=N5)nc(-c5ccccn5)c4)cc3)cc(-c3ccccn3)n2)=CCC1. The van der Waals surface area contributed by atoms with Crippen molar-refractivity contribution in [3.63, 3.8) is 0 Å². The summed E-state index contributed by atoms with van der Waals surface area (Å²) < 4.78 is 0. The summed E-state index contributed by atoms with van der Waals surface area (Å²) in [4.78, 5) is 28.2. The normalized spacial score (nSPS) is 14.4. The van der Waals surface area contributed by atoms with Crippen molar-refractivity contribution >= 4 is 23.8 Å². The van der Waals surface area contributed by atoms with Crippen LogP contribution in [0, 0.1) is 0 Å². The second kappa shape index (κ2) is 11.6. The molecule has 0 fully saturated rings. The lowest BCUT2D eigenvalue weighted by atomic mass is 9.97. The Morgan fingerprint density at radius 2 is 0.857 bits per heavy atom. The summed E-state index contributed by atoms with van der Waals surface area (Å²) >= 11 is 0. The smallest absolute Gasteiger partial charge is 0.0900 e. The van der Waals surface area contributed by atoms with E-state index < -0.39 is 0 Å². The third kappa shape index (κ3) is 5.47. The summed E-state index contributed by atoms with van der Waals surface area (Å²) in [6, 6.07) is 28.9. The fourth-order valence-corrected chi connectivity index (χ4v) is 5.16. The van der Waals surface area contributed by atoms with E-state index in [4.69, 9.17) is 9.97 Å². The fourth-order valence-electron chi connectivity index (χ4n) is 5.16. The summed E-state index contributed by atoms with van der Waals surface area (Å²) in [6.07, 6.45) is 15.7. The Morgan fingerprint density at radius 3 is 1.24 bits per heavy atom. The van der Waals surface area contributed by atoms with Crippen LogP contribution < -0.4 is 0 Å². The molecule has 2 aliphatic rings. The summed E-state index contributed by atoms with van der Waals surface area (Å²) in [7, 11) is 0. The number of pyridine rings is 4. The van der Waals surface area contributed by atoms with Gasteiger partial charge in [-0.3, -0.25) is 20.0 Å². The monoisotopic (exact) mass is 544 g/mol. The van der Waals surface area contributed by atoms with Crippen molar-refractivity contribution in [1.82, 2.24) is 19.9 Å². The maximum atomic E-state index is 4.94. The van der Waals surface area contributed by atoms with Crippen LogP contribution in [-0.2, 0) is 0 Å². The average molecular weight is 545 g/mol. The first-order valence-corrected chi connectivity index (χ1v) is 14.2. The van der Waals surface area contributed by atoms with Crippen LogP contribution in [0.1, 0.15) is 37.1 Å². The molecule has 6 heteroatoms. The number of aliphatic imine (C=N–C) groups is 2. The van der Waals surface area contributed by atoms with Crippen LogP contribution in [0.3, 0.4) is 0 Å². The minimum atomic E-state index is 0.828. The van der Waals surface area contributed by atoms with Crippen LogP contribution in [0.25, 0.3) is 56.4 Å². The molecular formula is C36H28N6. The Balaban J connectivity index is 1.29. The van der Waals surface area contributed by atoms with Gasteiger partial charge in [0.2, 0.25) is 0 Å². The van der Waals surface area contributed by atoms with Crippen LogP contribution in [0.4, 0.5) is 0 Å². The lowest BCUT2D eigenvalue weighted by Gasteiger charge is -2.13. The molecule has 0 bridgehead atoms. The standard InChI is InChI=1S/C36H28N6/c1-5-17-37-29(9-1)33-21-27(22-34(41-33)30-10-2-6-18-38-30)25-13-15-26(16-14-25)28-23-35(31-11-3-7-19-39-31)42-36(24-28)32-12-4-8-20-40-32/h1,3,5,7,9-24H,2,4,6,8H2. The van der Waals surface area contributed by atoms with Crippen molar-refractivity contribution in [1.29, 1.82) is 0 Å². The maximum absolute atomic E-state index is 4.94. The molecule has 2 aliphatic heterocycles. The van der Waals surface area contributed by atoms with Crippen LogP contribution >= 0.6 is 0 Å². The van der Waals surface area contributed by atoms with Gasteiger partial charge in [0.15, 0.2) is 0 Å². The first-order valence-electron chi connectivity index (χ1n) is 14.2. The lowest BCUT2D eigenvalue weighted by Crippen LogP contribution is -1.97. The fraction of sp³-hybridized carbons (Fsp3) is 0.111. The van der Waals surface area contributed by atoms with Gasteiger partial charge in [-0.2, -0.15) is 0 Å². The molecule has 0 spiro atoms. The van der Waals surface area contributed by atoms with Gasteiger partial charge in [0, 0.05) is 24.8 Å². The first-order chi connectivity index (χ1) is 20.8. The van der Waals surface area contributed by atoms with E-state index >= 15 is 0 Å². The highest BCUT2D eigenvalue weighted by molar-refractivity contribution is 5.82. The average Bonchev–Trinajstić information content (AvgIpc) is 3.09. The molecular weight excluding hydrogens is 516 g/mol. The minimum Gasteiger partial charge on any atom is -0.259 e. The van der Waals surface area contributed by atoms with Gasteiger partial charge in [0.05, 0.1) is 45.6 Å². The highest BCUT2D eigenvalue weighted by atomic mass is 14.9. The third-order valence-corrected chi connectivity index (χ3v) is 7.31. The van der Waals surface area contributed by atoms with Crippen molar-refractivity contribution in [2.24, 2.45) is 9.98 Å². The highest BCUT2D eigenvalue weighted by Gasteiger charge is 2.14. The van der Waals surface area contributed by atoms with E-state index in [9.17, 15) is 0 Å². The molecule has 1 aromatic carbocycles. The molecule has 0 saturated carbocycles. The number of aromatic nitrogens is 4. The number of hydrogen-bond donors (Lipinski definition) is 0. The highest BCUT2D eigenvalue weighted by Crippen LogP contribution is 2.33. The Bertz CT molecular complexity index is 1720. The zero-order chi connectivity index (χ0) is 28.1. The zero-order valence-electron chi connectivity index (χ0n) is 23.1. The first kappa shape index (κ1) is 25.6. The van der Waals surface area contributed by atoms with Crippen molar-refractivity contribution < 1.29 is 0 Å². The molecule has 0 atom stereocenters. The van der Waals surface area contributed by atoms with Gasteiger partial charge >= 0.3 is 0 Å². The van der Waals surface area contributed by atoms with Gasteiger partial charge < -0.3 is 0 Å². The van der Waals surface area contributed by atoms with Gasteiger partial charge in [0.1, 0.15) is 0 Å². The quantitative estimate of drug-likeness (QED) is 0.215. The van der Waals surface area contributed by atoms with Crippen molar-refractivity contribution in [2.75, 3.05) is 0 Å². The second-order valence-corrected chi connectivity index (χ2v) is 10.2. The summed E-state index contributed by atoms with van der Waals surface area (Å²) in [5, 5.41) is 0. The largest absolute Gasteiger partial charge is 0.259 e. The summed E-state index contributed by atoms with van der Waals surface area (Å²) in [5.41, 5.74) is 11.2. The van der Waals surface area contributed by atoms with Gasteiger partial charge in [-0.25, -0.2) is 9.97 Å². The van der Waals surface area contributed by atoms with E-state index in [1.165, 1.54) is 0 Å². The molecule has 0 N–H and O–H groups in total. The molecule has 0 saturated heterocycles. The van der Waals surface area contributed by atoms with Crippen molar-refractivity contribution in [3.05, 3.63) is 121 Å². The second-order valence-electron chi connectivity index (χ2n) is 10.2. The van der Waals surface area contributed by atoms with E-state index in [1.807, 2.05) is 48.8 Å².